The van der Waals surface area contributed by atoms with Gasteiger partial charge < -0.3 is 40.7 Å². The number of epoxide rings is 1. The molecule has 2 saturated heterocycles. The van der Waals surface area contributed by atoms with E-state index in [0.29, 0.717) is 57.9 Å². The first kappa shape index (κ1) is 44.8. The molecule has 2 aliphatic heterocycles. The van der Waals surface area contributed by atoms with Crippen LogP contribution in [0.3, 0.4) is 0 Å². The number of carbonyl (C=O) groups excluding carboxylic acids is 4. The summed E-state index contributed by atoms with van der Waals surface area (Å²) < 4.78 is 11.1. The van der Waals surface area contributed by atoms with Crippen molar-refractivity contribution in [3.8, 4) is 0 Å². The van der Waals surface area contributed by atoms with Crippen molar-refractivity contribution >= 4 is 35.3 Å². The van der Waals surface area contributed by atoms with E-state index in [0.717, 1.165) is 11.1 Å². The molecule has 0 bridgehead atoms. The number of rotatable bonds is 23. The van der Waals surface area contributed by atoms with Crippen LogP contribution in [0.5, 0.6) is 0 Å². The predicted octanol–water partition coefficient (Wildman–Crippen LogP) is 2.47. The fourth-order valence-electron chi connectivity index (χ4n) is 6.66. The summed E-state index contributed by atoms with van der Waals surface area (Å²) in [7, 11) is 0. The molecule has 5 atom stereocenters. The lowest BCUT2D eigenvalue weighted by Crippen LogP contribution is -2.59. The highest BCUT2D eigenvalue weighted by atomic mass is 16.6. The van der Waals surface area contributed by atoms with Gasteiger partial charge in [-0.3, -0.25) is 24.1 Å². The summed E-state index contributed by atoms with van der Waals surface area (Å²) in [5.41, 5.74) is 1.29. The first-order valence-corrected chi connectivity index (χ1v) is 19.9. The molecule has 4 amide bonds. The molecule has 57 heavy (non-hydrogen) atoms. The van der Waals surface area contributed by atoms with Gasteiger partial charge in [0, 0.05) is 19.5 Å². The van der Waals surface area contributed by atoms with Crippen LogP contribution in [0.25, 0.3) is 0 Å². The molecule has 0 aliphatic carbocycles. The highest BCUT2D eigenvalue weighted by Gasteiger charge is 2.49. The zero-order valence-electron chi connectivity index (χ0n) is 33.8. The van der Waals surface area contributed by atoms with Crippen LogP contribution in [0, 0.1) is 11.8 Å². The van der Waals surface area contributed by atoms with Crippen molar-refractivity contribution in [1.29, 1.82) is 0 Å². The van der Waals surface area contributed by atoms with E-state index >= 15 is 0 Å². The minimum Gasteiger partial charge on any atom is -0.479 e. The largest absolute Gasteiger partial charge is 0.479 e. The SMILES string of the molecule is CC(C)CC(NC(=O)[C@H](Cc1ccccc1)NC(=O)[C@H](CC(C)C)NC(=O)[C@H](CCc1ccccc1)NC(=O)CN1CCOCC1)/C(=N/OCC(=O)O)[C@@]1(C)CO1. The van der Waals surface area contributed by atoms with E-state index < -0.39 is 60.1 Å². The maximum absolute atomic E-state index is 14.3. The van der Waals surface area contributed by atoms with Gasteiger partial charge in [-0.05, 0) is 55.6 Å². The number of morpholine rings is 1. The third kappa shape index (κ3) is 15.5. The molecular weight excluding hydrogens is 732 g/mol. The van der Waals surface area contributed by atoms with Crippen molar-refractivity contribution in [2.75, 3.05) is 46.1 Å². The Kier molecular flexibility index (Phi) is 17.4. The van der Waals surface area contributed by atoms with E-state index in [-0.39, 0.29) is 37.1 Å². The fraction of sp³-hybridized carbons (Fsp3) is 0.571. The van der Waals surface area contributed by atoms with Gasteiger partial charge in [0.2, 0.25) is 30.2 Å². The second-order valence-corrected chi connectivity index (χ2v) is 15.8. The first-order chi connectivity index (χ1) is 27.2. The normalized spacial score (nSPS) is 19.2. The average molecular weight is 793 g/mol. The van der Waals surface area contributed by atoms with Crippen LogP contribution in [0.4, 0.5) is 0 Å². The van der Waals surface area contributed by atoms with Gasteiger partial charge in [-0.1, -0.05) is 93.5 Å². The van der Waals surface area contributed by atoms with Crippen molar-refractivity contribution in [2.24, 2.45) is 17.0 Å². The van der Waals surface area contributed by atoms with Crippen LogP contribution in [-0.2, 0) is 51.1 Å². The van der Waals surface area contributed by atoms with E-state index in [9.17, 15) is 24.0 Å². The van der Waals surface area contributed by atoms with Crippen LogP contribution in [0.1, 0.15) is 65.0 Å². The summed E-state index contributed by atoms with van der Waals surface area (Å²) in [6, 6.07) is 15.2. The van der Waals surface area contributed by atoms with E-state index in [1.807, 2.05) is 93.3 Å². The molecule has 312 valence electrons. The highest BCUT2D eigenvalue weighted by Crippen LogP contribution is 2.31. The lowest BCUT2D eigenvalue weighted by Gasteiger charge is -2.29. The Morgan fingerprint density at radius 3 is 1.88 bits per heavy atom. The van der Waals surface area contributed by atoms with Crippen molar-refractivity contribution in [2.45, 2.75) is 96.5 Å². The van der Waals surface area contributed by atoms with Gasteiger partial charge in [-0.2, -0.15) is 0 Å². The molecule has 1 unspecified atom stereocenters. The van der Waals surface area contributed by atoms with Crippen LogP contribution in [-0.4, -0.2) is 121 Å². The maximum atomic E-state index is 14.3. The first-order valence-electron chi connectivity index (χ1n) is 19.9. The number of aliphatic carboxylic acids is 1. The van der Waals surface area contributed by atoms with E-state index in [4.69, 9.17) is 19.4 Å². The number of ether oxygens (including phenoxy) is 2. The molecule has 2 aromatic carbocycles. The number of amides is 4. The Hall–Kier alpha value is -4.86. The minimum absolute atomic E-state index is 0.0135. The molecule has 15 heteroatoms. The van der Waals surface area contributed by atoms with Crippen LogP contribution < -0.4 is 21.3 Å². The third-order valence-corrected chi connectivity index (χ3v) is 9.77. The zero-order chi connectivity index (χ0) is 41.4. The molecule has 2 fully saturated rings. The van der Waals surface area contributed by atoms with Crippen LogP contribution in [0.15, 0.2) is 65.8 Å². The highest BCUT2D eigenvalue weighted by molar-refractivity contribution is 6.01. The summed E-state index contributed by atoms with van der Waals surface area (Å²) in [6.45, 7) is 11.7. The molecule has 15 nitrogen and oxygen atoms in total. The number of nitrogens with one attached hydrogen (secondary N) is 4. The zero-order valence-corrected chi connectivity index (χ0v) is 33.8. The molecule has 0 aromatic heterocycles. The number of oxime groups is 1. The third-order valence-electron chi connectivity index (χ3n) is 9.77. The minimum atomic E-state index is -1.20. The van der Waals surface area contributed by atoms with Crippen LogP contribution >= 0.6 is 0 Å². The molecule has 2 aromatic rings. The molecule has 2 heterocycles. The number of carboxylic acid groups (broad SMARTS) is 1. The second-order valence-electron chi connectivity index (χ2n) is 15.8. The Morgan fingerprint density at radius 2 is 1.30 bits per heavy atom. The van der Waals surface area contributed by atoms with Gasteiger partial charge in [-0.15, -0.1) is 0 Å². The predicted molar refractivity (Wildman–Crippen MR) is 214 cm³/mol. The van der Waals surface area contributed by atoms with Crippen LogP contribution in [0.2, 0.25) is 0 Å². The number of hydrogen-bond donors (Lipinski definition) is 5. The fourth-order valence-corrected chi connectivity index (χ4v) is 6.66. The summed E-state index contributed by atoms with van der Waals surface area (Å²) >= 11 is 0. The van der Waals surface area contributed by atoms with Gasteiger partial charge in [0.05, 0.1) is 32.4 Å². The number of nitrogens with zero attached hydrogens (tertiary/aromatic N) is 2. The summed E-state index contributed by atoms with van der Waals surface area (Å²) in [6.07, 6.45) is 1.67. The number of aryl methyl sites for hydroxylation is 1. The molecule has 0 spiro atoms. The monoisotopic (exact) mass is 792 g/mol. The smallest absolute Gasteiger partial charge is 0.344 e. The molecule has 5 N–H and O–H groups in total. The lowest BCUT2D eigenvalue weighted by molar-refractivity contribution is -0.142. The van der Waals surface area contributed by atoms with Gasteiger partial charge >= 0.3 is 5.97 Å². The van der Waals surface area contributed by atoms with Gasteiger partial charge in [0.25, 0.3) is 0 Å². The van der Waals surface area contributed by atoms with Gasteiger partial charge in [-0.25, -0.2) is 4.79 Å². The van der Waals surface area contributed by atoms with E-state index in [1.54, 1.807) is 6.92 Å². The molecule has 0 radical (unpaired) electrons. The topological polar surface area (TPSA) is 200 Å². The average Bonchev–Trinajstić information content (AvgIpc) is 3.92. The van der Waals surface area contributed by atoms with Gasteiger partial charge in [0.1, 0.15) is 29.4 Å². The Bertz CT molecular complexity index is 1650. The number of carboxylic acids is 1. The van der Waals surface area contributed by atoms with Crippen molar-refractivity contribution in [1.82, 2.24) is 26.2 Å². The van der Waals surface area contributed by atoms with Gasteiger partial charge in [0.15, 0.2) is 0 Å². The van der Waals surface area contributed by atoms with E-state index in [2.05, 4.69) is 26.4 Å². The Balaban J connectivity index is 1.55. The maximum Gasteiger partial charge on any atom is 0.344 e. The molecular formula is C42H60N6O9. The molecule has 0 saturated carbocycles. The summed E-state index contributed by atoms with van der Waals surface area (Å²) in [4.78, 5) is 74.1. The summed E-state index contributed by atoms with van der Waals surface area (Å²) in [5, 5.41) is 25.1. The molecule has 2 aliphatic rings. The summed E-state index contributed by atoms with van der Waals surface area (Å²) in [5.74, 6) is -2.98. The van der Waals surface area contributed by atoms with Crippen molar-refractivity contribution in [3.63, 3.8) is 0 Å². The van der Waals surface area contributed by atoms with E-state index in [1.165, 1.54) is 0 Å². The van der Waals surface area contributed by atoms with Crippen molar-refractivity contribution < 1.29 is 43.4 Å². The standard InChI is InChI=1S/C42H60N6O9/c1-28(2)22-33(38(42(5)27-56-42)47-57-26-37(50)51)44-41(54)35(24-31-14-10-7-11-15-31)46-40(53)34(23-29(3)4)45-39(52)32(17-16-30-12-8-6-9-13-30)43-36(49)25-48-18-20-55-21-19-48/h6-15,28-29,32-35H,16-27H2,1-5H3,(H,43,49)(H,44,54)(H,45,52)(H,46,53)(H,50,51)/b47-38-/t32-,33?,34-,35-,42+/m0/s1. The number of benzene rings is 2. The Morgan fingerprint density at radius 1 is 0.772 bits per heavy atom. The van der Waals surface area contributed by atoms with Crippen molar-refractivity contribution in [3.05, 3.63) is 71.8 Å². The molecule has 4 rings (SSSR count). The quantitative estimate of drug-likeness (QED) is 0.0633. The number of carbonyl (C=O) groups is 5. The second kappa shape index (κ2) is 22.2. The Labute approximate surface area is 335 Å². The number of hydrogen-bond acceptors (Lipinski definition) is 10. The lowest BCUT2D eigenvalue weighted by atomic mass is 9.92.